The number of nitrogens with one attached hydrogen (secondary N) is 1. The Morgan fingerprint density at radius 1 is 1.28 bits per heavy atom. The molecule has 3 N–H and O–H groups in total. The van der Waals surface area contributed by atoms with Crippen molar-refractivity contribution in [2.75, 3.05) is 6.54 Å². The van der Waals surface area contributed by atoms with Crippen molar-refractivity contribution in [3.05, 3.63) is 0 Å². The predicted octanol–water partition coefficient (Wildman–Crippen LogP) is 2.69. The third-order valence-electron chi connectivity index (χ3n) is 4.11. The summed E-state index contributed by atoms with van der Waals surface area (Å²) in [5, 5.41) is 3.17. The van der Waals surface area contributed by atoms with Crippen LogP contribution in [0.2, 0.25) is 0 Å². The molecule has 1 saturated carbocycles. The van der Waals surface area contributed by atoms with E-state index in [0.29, 0.717) is 36.8 Å². The van der Waals surface area contributed by atoms with Gasteiger partial charge in [0.05, 0.1) is 0 Å². The molecule has 3 nitrogen and oxygen atoms in total. The first-order chi connectivity index (χ1) is 8.52. The third-order valence-corrected chi connectivity index (χ3v) is 4.11. The van der Waals surface area contributed by atoms with E-state index in [4.69, 9.17) is 5.73 Å². The SMILES string of the molecule is CC(C)CC(CN)CC(=O)NC(C)C1CCCC1. The summed E-state index contributed by atoms with van der Waals surface area (Å²) in [7, 11) is 0. The number of carbonyl (C=O) groups excluding carboxylic acids is 1. The summed E-state index contributed by atoms with van der Waals surface area (Å²) < 4.78 is 0. The van der Waals surface area contributed by atoms with Crippen LogP contribution >= 0.6 is 0 Å². The van der Waals surface area contributed by atoms with Gasteiger partial charge in [0, 0.05) is 12.5 Å². The summed E-state index contributed by atoms with van der Waals surface area (Å²) in [5.74, 6) is 1.82. The molecule has 106 valence electrons. The minimum atomic E-state index is 0.186. The normalized spacial score (nSPS) is 20.1. The predicted molar refractivity (Wildman–Crippen MR) is 76.2 cm³/mol. The fourth-order valence-corrected chi connectivity index (χ4v) is 3.08. The lowest BCUT2D eigenvalue weighted by Crippen LogP contribution is -2.38. The van der Waals surface area contributed by atoms with Gasteiger partial charge in [-0.2, -0.15) is 0 Å². The van der Waals surface area contributed by atoms with Crippen LogP contribution in [0.5, 0.6) is 0 Å². The molecule has 1 aliphatic rings. The molecule has 0 bridgehead atoms. The molecule has 0 saturated heterocycles. The Morgan fingerprint density at radius 3 is 2.39 bits per heavy atom. The topological polar surface area (TPSA) is 55.1 Å². The molecule has 0 aromatic heterocycles. The van der Waals surface area contributed by atoms with Gasteiger partial charge in [0.1, 0.15) is 0 Å². The van der Waals surface area contributed by atoms with Crippen LogP contribution in [0, 0.1) is 17.8 Å². The highest BCUT2D eigenvalue weighted by Gasteiger charge is 2.23. The molecule has 0 aliphatic heterocycles. The first kappa shape index (κ1) is 15.5. The Kier molecular flexibility index (Phi) is 6.69. The minimum absolute atomic E-state index is 0.186. The van der Waals surface area contributed by atoms with E-state index >= 15 is 0 Å². The second-order valence-corrected chi connectivity index (χ2v) is 6.34. The van der Waals surface area contributed by atoms with Crippen molar-refractivity contribution in [3.63, 3.8) is 0 Å². The van der Waals surface area contributed by atoms with Crippen LogP contribution in [-0.2, 0) is 4.79 Å². The van der Waals surface area contributed by atoms with Crippen LogP contribution in [-0.4, -0.2) is 18.5 Å². The Balaban J connectivity index is 2.30. The molecule has 0 radical (unpaired) electrons. The first-order valence-electron chi connectivity index (χ1n) is 7.52. The monoisotopic (exact) mass is 254 g/mol. The Labute approximate surface area is 112 Å². The van der Waals surface area contributed by atoms with E-state index < -0.39 is 0 Å². The van der Waals surface area contributed by atoms with Gasteiger partial charge >= 0.3 is 0 Å². The second-order valence-electron chi connectivity index (χ2n) is 6.34. The van der Waals surface area contributed by atoms with Crippen molar-refractivity contribution in [3.8, 4) is 0 Å². The van der Waals surface area contributed by atoms with E-state index in [1.165, 1.54) is 25.7 Å². The number of carbonyl (C=O) groups is 1. The number of nitrogens with two attached hydrogens (primary N) is 1. The fourth-order valence-electron chi connectivity index (χ4n) is 3.08. The van der Waals surface area contributed by atoms with Gasteiger partial charge in [-0.3, -0.25) is 4.79 Å². The van der Waals surface area contributed by atoms with E-state index in [0.717, 1.165) is 6.42 Å². The highest BCUT2D eigenvalue weighted by Crippen LogP contribution is 2.27. The zero-order valence-corrected chi connectivity index (χ0v) is 12.2. The number of hydrogen-bond acceptors (Lipinski definition) is 2. The van der Waals surface area contributed by atoms with Gasteiger partial charge in [-0.25, -0.2) is 0 Å². The summed E-state index contributed by atoms with van der Waals surface area (Å²) in [5.41, 5.74) is 5.74. The quantitative estimate of drug-likeness (QED) is 0.734. The van der Waals surface area contributed by atoms with Crippen LogP contribution in [0.4, 0.5) is 0 Å². The van der Waals surface area contributed by atoms with Gasteiger partial charge in [-0.15, -0.1) is 0 Å². The lowest BCUT2D eigenvalue weighted by molar-refractivity contribution is -0.123. The molecule has 2 atom stereocenters. The lowest BCUT2D eigenvalue weighted by atomic mass is 9.93. The van der Waals surface area contributed by atoms with Gasteiger partial charge in [0.2, 0.25) is 5.91 Å². The molecular weight excluding hydrogens is 224 g/mol. The van der Waals surface area contributed by atoms with Crippen molar-refractivity contribution in [1.82, 2.24) is 5.32 Å². The average Bonchev–Trinajstić information content (AvgIpc) is 2.80. The highest BCUT2D eigenvalue weighted by molar-refractivity contribution is 5.76. The fraction of sp³-hybridized carbons (Fsp3) is 0.933. The summed E-state index contributed by atoms with van der Waals surface area (Å²) in [6, 6.07) is 0.331. The molecule has 1 aliphatic carbocycles. The molecule has 0 aromatic carbocycles. The van der Waals surface area contributed by atoms with Gasteiger partial charge in [-0.1, -0.05) is 26.7 Å². The summed E-state index contributed by atoms with van der Waals surface area (Å²) in [6.45, 7) is 7.13. The summed E-state index contributed by atoms with van der Waals surface area (Å²) >= 11 is 0. The maximum absolute atomic E-state index is 12.0. The maximum atomic E-state index is 12.0. The Hall–Kier alpha value is -0.570. The molecule has 1 fully saturated rings. The lowest BCUT2D eigenvalue weighted by Gasteiger charge is -2.22. The summed E-state index contributed by atoms with van der Waals surface area (Å²) in [4.78, 5) is 12.0. The van der Waals surface area contributed by atoms with Crippen molar-refractivity contribution >= 4 is 5.91 Å². The molecule has 1 amide bonds. The standard InChI is InChI=1S/C15H30N2O/c1-11(2)8-13(10-16)9-15(18)17-12(3)14-6-4-5-7-14/h11-14H,4-10,16H2,1-3H3,(H,17,18). The number of amides is 1. The minimum Gasteiger partial charge on any atom is -0.353 e. The molecule has 3 heteroatoms. The van der Waals surface area contributed by atoms with Gasteiger partial charge in [0.25, 0.3) is 0 Å². The Bertz CT molecular complexity index is 241. The van der Waals surface area contributed by atoms with Crippen LogP contribution in [0.3, 0.4) is 0 Å². The summed E-state index contributed by atoms with van der Waals surface area (Å²) in [6.07, 6.45) is 6.82. The van der Waals surface area contributed by atoms with Crippen molar-refractivity contribution < 1.29 is 4.79 Å². The molecule has 0 spiro atoms. The molecule has 2 unspecified atom stereocenters. The third kappa shape index (κ3) is 5.38. The van der Waals surface area contributed by atoms with E-state index in [1.54, 1.807) is 0 Å². The molecule has 1 rings (SSSR count). The molecule has 0 aromatic rings. The molecule has 18 heavy (non-hydrogen) atoms. The highest BCUT2D eigenvalue weighted by atomic mass is 16.1. The van der Waals surface area contributed by atoms with Gasteiger partial charge < -0.3 is 11.1 Å². The maximum Gasteiger partial charge on any atom is 0.220 e. The van der Waals surface area contributed by atoms with Crippen molar-refractivity contribution in [2.45, 2.75) is 65.3 Å². The van der Waals surface area contributed by atoms with Crippen LogP contribution < -0.4 is 11.1 Å². The van der Waals surface area contributed by atoms with E-state index in [2.05, 4.69) is 26.1 Å². The number of rotatable bonds is 7. The van der Waals surface area contributed by atoms with Gasteiger partial charge in [-0.05, 0) is 50.5 Å². The van der Waals surface area contributed by atoms with Crippen molar-refractivity contribution in [2.24, 2.45) is 23.5 Å². The molecule has 0 heterocycles. The second kappa shape index (κ2) is 7.78. The Morgan fingerprint density at radius 2 is 1.89 bits per heavy atom. The van der Waals surface area contributed by atoms with E-state index in [-0.39, 0.29) is 5.91 Å². The van der Waals surface area contributed by atoms with Crippen LogP contribution in [0.25, 0.3) is 0 Å². The van der Waals surface area contributed by atoms with Gasteiger partial charge in [0.15, 0.2) is 0 Å². The smallest absolute Gasteiger partial charge is 0.220 e. The first-order valence-corrected chi connectivity index (χ1v) is 7.52. The zero-order chi connectivity index (χ0) is 13.5. The average molecular weight is 254 g/mol. The van der Waals surface area contributed by atoms with E-state index in [1.807, 2.05) is 0 Å². The largest absolute Gasteiger partial charge is 0.353 e. The van der Waals surface area contributed by atoms with Crippen LogP contribution in [0.15, 0.2) is 0 Å². The van der Waals surface area contributed by atoms with E-state index in [9.17, 15) is 4.79 Å². The number of hydrogen-bond donors (Lipinski definition) is 2. The zero-order valence-electron chi connectivity index (χ0n) is 12.2. The van der Waals surface area contributed by atoms with Crippen LogP contribution in [0.1, 0.15) is 59.3 Å². The molecular formula is C15H30N2O. The van der Waals surface area contributed by atoms with Crippen molar-refractivity contribution in [1.29, 1.82) is 0 Å².